The predicted octanol–water partition coefficient (Wildman–Crippen LogP) is 4.83. The largest absolute Gasteiger partial charge is 0.497 e. The van der Waals surface area contributed by atoms with Gasteiger partial charge >= 0.3 is 0 Å². The van der Waals surface area contributed by atoms with E-state index in [0.29, 0.717) is 17.3 Å². The van der Waals surface area contributed by atoms with Gasteiger partial charge in [-0.15, -0.1) is 0 Å². The standard InChI is InChI=1S/C23H20N2O4/c1-15-3-12-21-20(13-15)25-23(29-21)16-4-6-17(7-5-16)24-22(26)14-28-19-10-8-18(27-2)9-11-19/h3-13H,14H2,1-2H3,(H,24,26). The van der Waals surface area contributed by atoms with Crippen molar-refractivity contribution in [1.82, 2.24) is 4.98 Å². The molecule has 146 valence electrons. The average molecular weight is 388 g/mol. The minimum atomic E-state index is -0.245. The second kappa shape index (κ2) is 8.06. The summed E-state index contributed by atoms with van der Waals surface area (Å²) in [5, 5.41) is 2.81. The molecule has 0 saturated heterocycles. The van der Waals surface area contributed by atoms with Crippen molar-refractivity contribution < 1.29 is 18.7 Å². The van der Waals surface area contributed by atoms with Gasteiger partial charge in [0, 0.05) is 11.3 Å². The minimum absolute atomic E-state index is 0.0848. The van der Waals surface area contributed by atoms with E-state index >= 15 is 0 Å². The number of ether oxygens (including phenoxy) is 2. The molecule has 1 heterocycles. The molecule has 29 heavy (non-hydrogen) atoms. The maximum Gasteiger partial charge on any atom is 0.262 e. The highest BCUT2D eigenvalue weighted by molar-refractivity contribution is 5.92. The van der Waals surface area contributed by atoms with Gasteiger partial charge in [0.1, 0.15) is 17.0 Å². The molecule has 0 aliphatic carbocycles. The Morgan fingerprint density at radius 3 is 2.45 bits per heavy atom. The summed E-state index contributed by atoms with van der Waals surface area (Å²) < 4.78 is 16.4. The molecule has 0 aliphatic heterocycles. The van der Waals surface area contributed by atoms with Crippen LogP contribution in [0.25, 0.3) is 22.6 Å². The quantitative estimate of drug-likeness (QED) is 0.512. The van der Waals surface area contributed by atoms with Crippen LogP contribution in [-0.4, -0.2) is 24.6 Å². The summed E-state index contributed by atoms with van der Waals surface area (Å²) in [5.74, 6) is 1.63. The summed E-state index contributed by atoms with van der Waals surface area (Å²) in [6, 6.07) is 20.3. The first-order valence-corrected chi connectivity index (χ1v) is 9.15. The number of hydrogen-bond acceptors (Lipinski definition) is 5. The van der Waals surface area contributed by atoms with Crippen molar-refractivity contribution in [2.75, 3.05) is 19.0 Å². The molecule has 4 rings (SSSR count). The summed E-state index contributed by atoms with van der Waals surface area (Å²) in [6.07, 6.45) is 0. The SMILES string of the molecule is COc1ccc(OCC(=O)Nc2ccc(-c3nc4cc(C)ccc4o3)cc2)cc1. The zero-order valence-corrected chi connectivity index (χ0v) is 16.1. The van der Waals surface area contributed by atoms with Crippen molar-refractivity contribution in [2.24, 2.45) is 0 Å². The van der Waals surface area contributed by atoms with Gasteiger partial charge in [0.05, 0.1) is 7.11 Å². The number of benzene rings is 3. The van der Waals surface area contributed by atoms with Crippen LogP contribution >= 0.6 is 0 Å². The fourth-order valence-corrected chi connectivity index (χ4v) is 2.87. The number of nitrogens with zero attached hydrogens (tertiary/aromatic N) is 1. The fourth-order valence-electron chi connectivity index (χ4n) is 2.87. The summed E-state index contributed by atoms with van der Waals surface area (Å²) >= 11 is 0. The Balaban J connectivity index is 1.37. The van der Waals surface area contributed by atoms with Gasteiger partial charge in [-0.2, -0.15) is 0 Å². The van der Waals surface area contributed by atoms with E-state index in [0.717, 1.165) is 28.0 Å². The van der Waals surface area contributed by atoms with E-state index < -0.39 is 0 Å². The van der Waals surface area contributed by atoms with Gasteiger partial charge in [-0.3, -0.25) is 4.79 Å². The third-order valence-electron chi connectivity index (χ3n) is 4.39. The third kappa shape index (κ3) is 4.38. The summed E-state index contributed by atoms with van der Waals surface area (Å²) in [5.41, 5.74) is 4.22. The Labute approximate surface area is 168 Å². The monoisotopic (exact) mass is 388 g/mol. The molecule has 0 saturated carbocycles. The van der Waals surface area contributed by atoms with Crippen molar-refractivity contribution in [3.8, 4) is 23.0 Å². The number of fused-ring (bicyclic) bond motifs is 1. The second-order valence-electron chi connectivity index (χ2n) is 6.58. The minimum Gasteiger partial charge on any atom is -0.497 e. The van der Waals surface area contributed by atoms with Gasteiger partial charge < -0.3 is 19.2 Å². The van der Waals surface area contributed by atoms with Crippen LogP contribution < -0.4 is 14.8 Å². The van der Waals surface area contributed by atoms with Crippen LogP contribution in [0, 0.1) is 6.92 Å². The predicted molar refractivity (Wildman–Crippen MR) is 111 cm³/mol. The number of carbonyl (C=O) groups is 1. The molecule has 0 atom stereocenters. The number of rotatable bonds is 6. The molecule has 6 heteroatoms. The van der Waals surface area contributed by atoms with E-state index in [4.69, 9.17) is 13.9 Å². The molecule has 4 aromatic rings. The molecule has 3 aromatic carbocycles. The van der Waals surface area contributed by atoms with Crippen LogP contribution in [0.5, 0.6) is 11.5 Å². The number of aromatic nitrogens is 1. The zero-order valence-electron chi connectivity index (χ0n) is 16.1. The van der Waals surface area contributed by atoms with Crippen LogP contribution in [0.2, 0.25) is 0 Å². The zero-order chi connectivity index (χ0) is 20.2. The third-order valence-corrected chi connectivity index (χ3v) is 4.39. The first-order valence-electron chi connectivity index (χ1n) is 9.15. The second-order valence-corrected chi connectivity index (χ2v) is 6.58. The normalized spacial score (nSPS) is 10.7. The van der Waals surface area contributed by atoms with E-state index in [1.54, 1.807) is 43.5 Å². The summed E-state index contributed by atoms with van der Waals surface area (Å²) in [7, 11) is 1.60. The van der Waals surface area contributed by atoms with Crippen LogP contribution in [0.4, 0.5) is 5.69 Å². The van der Waals surface area contributed by atoms with Gasteiger partial charge in [0.25, 0.3) is 5.91 Å². The Morgan fingerprint density at radius 2 is 1.72 bits per heavy atom. The molecule has 1 N–H and O–H groups in total. The first-order chi connectivity index (χ1) is 14.1. The molecule has 0 unspecified atom stereocenters. The maximum atomic E-state index is 12.1. The Hall–Kier alpha value is -3.80. The molecule has 0 radical (unpaired) electrons. The lowest BCUT2D eigenvalue weighted by Crippen LogP contribution is -2.20. The van der Waals surface area contributed by atoms with E-state index in [-0.39, 0.29) is 12.5 Å². The van der Waals surface area contributed by atoms with Crippen molar-refractivity contribution in [2.45, 2.75) is 6.92 Å². The van der Waals surface area contributed by atoms with Crippen LogP contribution in [0.3, 0.4) is 0 Å². The highest BCUT2D eigenvalue weighted by Crippen LogP contribution is 2.26. The first kappa shape index (κ1) is 18.6. The highest BCUT2D eigenvalue weighted by Gasteiger charge is 2.09. The topological polar surface area (TPSA) is 73.6 Å². The fraction of sp³-hybridized carbons (Fsp3) is 0.130. The Bertz CT molecular complexity index is 1130. The van der Waals surface area contributed by atoms with Crippen LogP contribution in [0.15, 0.2) is 71.1 Å². The molecule has 0 spiro atoms. The number of oxazole rings is 1. The molecule has 1 amide bonds. The smallest absolute Gasteiger partial charge is 0.262 e. The molecule has 0 aliphatic rings. The number of nitrogens with one attached hydrogen (secondary N) is 1. The van der Waals surface area contributed by atoms with E-state index in [9.17, 15) is 4.79 Å². The highest BCUT2D eigenvalue weighted by atomic mass is 16.5. The molecule has 6 nitrogen and oxygen atoms in total. The van der Waals surface area contributed by atoms with Crippen molar-refractivity contribution in [3.05, 3.63) is 72.3 Å². The van der Waals surface area contributed by atoms with Crippen molar-refractivity contribution in [3.63, 3.8) is 0 Å². The lowest BCUT2D eigenvalue weighted by Gasteiger charge is -2.08. The molecule has 1 aromatic heterocycles. The van der Waals surface area contributed by atoms with E-state index in [1.165, 1.54) is 0 Å². The summed E-state index contributed by atoms with van der Waals surface area (Å²) in [4.78, 5) is 16.6. The van der Waals surface area contributed by atoms with Crippen molar-refractivity contribution in [1.29, 1.82) is 0 Å². The summed E-state index contributed by atoms with van der Waals surface area (Å²) in [6.45, 7) is 1.93. The average Bonchev–Trinajstić information content (AvgIpc) is 3.16. The van der Waals surface area contributed by atoms with Gasteiger partial charge in [-0.05, 0) is 73.2 Å². The maximum absolute atomic E-state index is 12.1. The molecule has 0 fully saturated rings. The molecular weight excluding hydrogens is 368 g/mol. The molecule has 0 bridgehead atoms. The number of methoxy groups -OCH3 is 1. The number of carbonyl (C=O) groups excluding carboxylic acids is 1. The van der Waals surface area contributed by atoms with Crippen molar-refractivity contribution >= 4 is 22.7 Å². The van der Waals surface area contributed by atoms with E-state index in [2.05, 4.69) is 10.3 Å². The Kier molecular flexibility index (Phi) is 5.16. The van der Waals surface area contributed by atoms with Gasteiger partial charge in [0.15, 0.2) is 12.2 Å². The van der Waals surface area contributed by atoms with E-state index in [1.807, 2.05) is 37.3 Å². The van der Waals surface area contributed by atoms with Crippen LogP contribution in [-0.2, 0) is 4.79 Å². The van der Waals surface area contributed by atoms with Gasteiger partial charge in [0.2, 0.25) is 5.89 Å². The number of anilines is 1. The number of amides is 1. The number of aryl methyl sites for hydroxylation is 1. The Morgan fingerprint density at radius 1 is 1.00 bits per heavy atom. The lowest BCUT2D eigenvalue weighted by atomic mass is 10.2. The van der Waals surface area contributed by atoms with Crippen LogP contribution in [0.1, 0.15) is 5.56 Å². The van der Waals surface area contributed by atoms with Gasteiger partial charge in [-0.25, -0.2) is 4.98 Å². The lowest BCUT2D eigenvalue weighted by molar-refractivity contribution is -0.118. The van der Waals surface area contributed by atoms with Gasteiger partial charge in [-0.1, -0.05) is 6.07 Å². The number of hydrogen-bond donors (Lipinski definition) is 1. The molecular formula is C23H20N2O4.